The molecular weight excluding hydrogens is 1060 g/mol. The molecule has 4 saturated carbocycles. The summed E-state index contributed by atoms with van der Waals surface area (Å²) >= 11 is 0. The average Bonchev–Trinajstić information content (AvgIpc) is 1.12. The molecule has 1 N–H and O–H groups in total. The second-order valence-electron chi connectivity index (χ2n) is 27.0. The molecule has 4 bridgehead atoms. The molecule has 2 amide bonds. The first-order chi connectivity index (χ1) is 41.4. The van der Waals surface area contributed by atoms with Crippen molar-refractivity contribution < 1.29 is 38.2 Å². The van der Waals surface area contributed by atoms with E-state index in [-0.39, 0.29) is 87.0 Å². The van der Waals surface area contributed by atoms with Gasteiger partial charge in [0.05, 0.1) is 6.61 Å². The van der Waals surface area contributed by atoms with Gasteiger partial charge in [0.25, 0.3) is 0 Å². The van der Waals surface area contributed by atoms with Crippen LogP contribution in [0.4, 0.5) is 0 Å². The summed E-state index contributed by atoms with van der Waals surface area (Å²) < 4.78 is 17.4. The molecule has 4 aliphatic carbocycles. The Kier molecular flexibility index (Phi) is 43.1. The Balaban J connectivity index is 1.78. The van der Waals surface area contributed by atoms with Crippen LogP contribution in [0.1, 0.15) is 336 Å². The second kappa shape index (κ2) is 48.4. The van der Waals surface area contributed by atoms with Crippen molar-refractivity contribution in [3.05, 3.63) is 0 Å². The molecule has 4 aliphatic rings. The fraction of sp³-hybridized carbons (Fsp3) is 0.878. The summed E-state index contributed by atoms with van der Waals surface area (Å²) in [4.78, 5) is 75.2. The van der Waals surface area contributed by atoms with Crippen molar-refractivity contribution >= 4 is 29.7 Å². The maximum atomic E-state index is 15.8. The summed E-state index contributed by atoms with van der Waals surface area (Å²) in [7, 11) is 3.95. The van der Waals surface area contributed by atoms with Crippen molar-refractivity contribution in [1.29, 1.82) is 0 Å². The van der Waals surface area contributed by atoms with Crippen LogP contribution in [0.25, 0.3) is 0 Å². The number of unbranched alkanes of at least 4 members (excludes halogenated alkanes) is 25. The van der Waals surface area contributed by atoms with E-state index in [1.165, 1.54) is 173 Å². The van der Waals surface area contributed by atoms with Crippen LogP contribution >= 0.6 is 0 Å². The first kappa shape index (κ1) is 75.7. The van der Waals surface area contributed by atoms with Gasteiger partial charge in [-0.05, 0) is 141 Å². The maximum absolute atomic E-state index is 15.8. The lowest BCUT2D eigenvalue weighted by atomic mass is 9.53. The number of nitrogens with zero attached hydrogens (tertiary/aromatic N) is 2. The van der Waals surface area contributed by atoms with Crippen LogP contribution in [-0.4, -0.2) is 97.6 Å². The van der Waals surface area contributed by atoms with Crippen molar-refractivity contribution in [3.8, 4) is 23.7 Å². The van der Waals surface area contributed by atoms with E-state index < -0.39 is 5.54 Å². The van der Waals surface area contributed by atoms with Crippen LogP contribution in [-0.2, 0) is 38.2 Å². The normalized spacial score (nSPS) is 18.1. The molecule has 11 nitrogen and oxygen atoms in total. The molecule has 0 saturated heterocycles. The van der Waals surface area contributed by atoms with E-state index in [9.17, 15) is 14.4 Å². The van der Waals surface area contributed by atoms with Gasteiger partial charge in [-0.15, -0.1) is 11.8 Å². The molecule has 1 unspecified atom stereocenters. The number of ether oxygens (including phenoxy) is 3. The number of nitrogens with one attached hydrogen (secondary N) is 1. The minimum Gasteiger partial charge on any atom is -0.465 e. The van der Waals surface area contributed by atoms with Crippen molar-refractivity contribution in [3.63, 3.8) is 0 Å². The Morgan fingerprint density at radius 3 is 1.27 bits per heavy atom. The van der Waals surface area contributed by atoms with Crippen LogP contribution in [0.15, 0.2) is 0 Å². The van der Waals surface area contributed by atoms with E-state index >= 15 is 9.59 Å². The number of likely N-dealkylation sites (N-methyl/N-ethyl adjacent to an activating group) is 1. The molecule has 4 fully saturated rings. The molecule has 0 aromatic heterocycles. The highest BCUT2D eigenvalue weighted by Gasteiger charge is 2.54. The SMILES string of the molecule is CCCCCCC#CCCOC(=O)CCCC(CCCC(=O)OCCC#CCCCCCC)(C(=O)NC12CC3CC(CC(C3)C1)C2)N(CCN(C)C)C(=O)CCCCC(=O)OCC(CCCCCCCCCC)CCCCCCCCCCCC. The molecule has 0 aliphatic heterocycles. The van der Waals surface area contributed by atoms with E-state index in [0.717, 1.165) is 57.8 Å². The molecule has 0 aromatic rings. The van der Waals surface area contributed by atoms with Crippen molar-refractivity contribution in [2.45, 2.75) is 347 Å². The molecule has 11 heteroatoms. The van der Waals surface area contributed by atoms with E-state index in [1.807, 2.05) is 23.9 Å². The molecule has 0 heterocycles. The highest BCUT2D eigenvalue weighted by atomic mass is 16.5. The monoisotopic (exact) mass is 1190 g/mol. The van der Waals surface area contributed by atoms with Gasteiger partial charge in [-0.1, -0.05) is 194 Å². The fourth-order valence-corrected chi connectivity index (χ4v) is 14.3. The van der Waals surface area contributed by atoms with Crippen LogP contribution in [0, 0.1) is 47.4 Å². The lowest BCUT2D eigenvalue weighted by Crippen LogP contribution is -2.68. The number of hydrogen-bond acceptors (Lipinski definition) is 9. The largest absolute Gasteiger partial charge is 0.465 e. The van der Waals surface area contributed by atoms with Crippen molar-refractivity contribution in [1.82, 2.24) is 15.1 Å². The number of carbonyl (C=O) groups is 5. The minimum absolute atomic E-state index is 0.0928. The number of hydrogen-bond donors (Lipinski definition) is 1. The van der Waals surface area contributed by atoms with Crippen LogP contribution in [0.2, 0.25) is 0 Å². The zero-order chi connectivity index (χ0) is 61.5. The average molecular weight is 1190 g/mol. The van der Waals surface area contributed by atoms with Gasteiger partial charge in [0.2, 0.25) is 11.8 Å². The predicted octanol–water partition coefficient (Wildman–Crippen LogP) is 17.9. The Bertz CT molecular complexity index is 1820. The van der Waals surface area contributed by atoms with E-state index in [4.69, 9.17) is 14.2 Å². The fourth-order valence-electron chi connectivity index (χ4n) is 14.3. The van der Waals surface area contributed by atoms with Crippen LogP contribution in [0.5, 0.6) is 0 Å². The van der Waals surface area contributed by atoms with Gasteiger partial charge in [0, 0.05) is 70.0 Å². The third kappa shape index (κ3) is 34.7. The summed E-state index contributed by atoms with van der Waals surface area (Å²) in [5.74, 6) is 13.7. The number of amides is 2. The topological polar surface area (TPSA) is 132 Å². The summed E-state index contributed by atoms with van der Waals surface area (Å²) in [6, 6.07) is 0. The zero-order valence-electron chi connectivity index (χ0n) is 55.9. The lowest BCUT2D eigenvalue weighted by Gasteiger charge is -2.58. The molecule has 1 atom stereocenters. The Hall–Kier alpha value is -3.57. The Labute approximate surface area is 522 Å². The molecule has 4 rings (SSSR count). The maximum Gasteiger partial charge on any atom is 0.305 e. The van der Waals surface area contributed by atoms with Gasteiger partial charge in [-0.25, -0.2) is 0 Å². The molecule has 0 aromatic carbocycles. The predicted molar refractivity (Wildman–Crippen MR) is 351 cm³/mol. The third-order valence-corrected chi connectivity index (χ3v) is 18.8. The summed E-state index contributed by atoms with van der Waals surface area (Å²) in [5.41, 5.74) is -1.68. The van der Waals surface area contributed by atoms with Crippen molar-refractivity contribution in [2.75, 3.05) is 47.0 Å². The Morgan fingerprint density at radius 1 is 0.459 bits per heavy atom. The van der Waals surface area contributed by atoms with Gasteiger partial charge >= 0.3 is 17.9 Å². The summed E-state index contributed by atoms with van der Waals surface area (Å²) in [6.07, 6.45) is 46.7. The Morgan fingerprint density at radius 2 is 0.835 bits per heavy atom. The first-order valence-electron chi connectivity index (χ1n) is 36.0. The van der Waals surface area contributed by atoms with E-state index in [2.05, 4.69) is 56.7 Å². The second-order valence-corrected chi connectivity index (χ2v) is 27.0. The first-order valence-corrected chi connectivity index (χ1v) is 36.0. The minimum atomic E-state index is -1.35. The highest BCUT2D eigenvalue weighted by Crippen LogP contribution is 2.56. The zero-order valence-corrected chi connectivity index (χ0v) is 55.9. The van der Waals surface area contributed by atoms with E-state index in [1.54, 1.807) is 0 Å². The quantitative estimate of drug-likeness (QED) is 0.0274. The summed E-state index contributed by atoms with van der Waals surface area (Å²) in [6.45, 7) is 10.6. The van der Waals surface area contributed by atoms with Gasteiger partial charge < -0.3 is 29.3 Å². The van der Waals surface area contributed by atoms with Gasteiger partial charge in [-0.3, -0.25) is 24.0 Å². The molecule has 488 valence electrons. The number of carbonyl (C=O) groups excluding carboxylic acids is 5. The summed E-state index contributed by atoms with van der Waals surface area (Å²) in [5, 5.41) is 3.70. The van der Waals surface area contributed by atoms with Gasteiger partial charge in [-0.2, -0.15) is 0 Å². The van der Waals surface area contributed by atoms with Gasteiger partial charge in [0.15, 0.2) is 0 Å². The molecular formula is C74H129N3O8. The molecule has 0 spiro atoms. The molecule has 85 heavy (non-hydrogen) atoms. The van der Waals surface area contributed by atoms with Crippen LogP contribution < -0.4 is 5.32 Å². The number of rotatable bonds is 53. The van der Waals surface area contributed by atoms with E-state index in [0.29, 0.717) is 81.9 Å². The van der Waals surface area contributed by atoms with Crippen LogP contribution in [0.3, 0.4) is 0 Å². The highest BCUT2D eigenvalue weighted by molar-refractivity contribution is 5.92. The smallest absolute Gasteiger partial charge is 0.305 e. The molecule has 0 radical (unpaired) electrons. The third-order valence-electron chi connectivity index (χ3n) is 18.8. The number of esters is 3. The van der Waals surface area contributed by atoms with Crippen molar-refractivity contribution in [2.24, 2.45) is 23.7 Å². The van der Waals surface area contributed by atoms with Gasteiger partial charge in [0.1, 0.15) is 18.8 Å². The standard InChI is InChI=1S/C74H129N3O8/c1-7-11-15-19-23-27-28-30-34-38-46-64(45-37-33-29-24-20-16-12-8-2)63-85-71(81)48-40-39-47-68(78)77(54-53-76(5)6)74(51-43-49-69(79)83-55-41-35-31-25-21-17-13-9-3,52-44-50-70(80)84-56-42-36-32-26-22-18-14-10-4)72(82)75-73-60-65-57-66(61-73)59-67(58-65)62-73/h64-67H,7-30,33-34,37-63H2,1-6H3,(H,75,82). The lowest BCUT2D eigenvalue weighted by molar-refractivity contribution is -0.154.